The highest BCUT2D eigenvalue weighted by atomic mass is 127. The Balaban J connectivity index is 1.99. The molecule has 1 amide bonds. The lowest BCUT2D eigenvalue weighted by Gasteiger charge is -2.11. The Morgan fingerprint density at radius 2 is 1.62 bits per heavy atom. The Morgan fingerprint density at radius 3 is 2.29 bits per heavy atom. The molecule has 2 aromatic rings. The summed E-state index contributed by atoms with van der Waals surface area (Å²) >= 11 is 2.17. The van der Waals surface area contributed by atoms with Gasteiger partial charge in [-0.05, 0) is 53.8 Å². The molecule has 0 aromatic heterocycles. The van der Waals surface area contributed by atoms with Crippen LogP contribution in [0.5, 0.6) is 0 Å². The van der Waals surface area contributed by atoms with E-state index in [2.05, 4.69) is 33.2 Å². The van der Waals surface area contributed by atoms with Gasteiger partial charge in [0.25, 0.3) is 0 Å². The lowest BCUT2D eigenvalue weighted by atomic mass is 10.1. The molecule has 4 nitrogen and oxygen atoms in total. The largest absolute Gasteiger partial charge is 0.376 e. The highest BCUT2D eigenvalue weighted by molar-refractivity contribution is 14.1. The van der Waals surface area contributed by atoms with Gasteiger partial charge in [0, 0.05) is 14.8 Å². The highest BCUT2D eigenvalue weighted by Gasteiger charge is 2.08. The smallest absolute Gasteiger partial charge is 0.243 e. The van der Waals surface area contributed by atoms with E-state index in [9.17, 15) is 9.59 Å². The first-order valence-electron chi connectivity index (χ1n) is 6.46. The van der Waals surface area contributed by atoms with Crippen LogP contribution in [0.25, 0.3) is 0 Å². The second-order valence-electron chi connectivity index (χ2n) is 4.48. The van der Waals surface area contributed by atoms with E-state index < -0.39 is 0 Å². The van der Waals surface area contributed by atoms with Crippen molar-refractivity contribution in [2.75, 3.05) is 17.2 Å². The van der Waals surface area contributed by atoms with Gasteiger partial charge in [0.05, 0.1) is 12.2 Å². The quantitative estimate of drug-likeness (QED) is 0.603. The van der Waals surface area contributed by atoms with E-state index in [-0.39, 0.29) is 18.2 Å². The van der Waals surface area contributed by atoms with Crippen molar-refractivity contribution >= 4 is 45.7 Å². The number of nitrogens with one attached hydrogen (secondary N) is 2. The van der Waals surface area contributed by atoms with Crippen LogP contribution in [0.4, 0.5) is 11.4 Å². The Bertz CT molecular complexity index is 671. The van der Waals surface area contributed by atoms with Crippen LogP contribution in [-0.2, 0) is 4.79 Å². The first-order chi connectivity index (χ1) is 10.1. The lowest BCUT2D eigenvalue weighted by Crippen LogP contribution is -2.22. The second kappa shape index (κ2) is 7.21. The molecule has 0 radical (unpaired) electrons. The third-order valence-corrected chi connectivity index (χ3v) is 3.83. The Kier molecular flexibility index (Phi) is 5.32. The summed E-state index contributed by atoms with van der Waals surface area (Å²) < 4.78 is 0.979. The zero-order chi connectivity index (χ0) is 15.2. The average Bonchev–Trinajstić information content (AvgIpc) is 2.48. The van der Waals surface area contributed by atoms with Crippen LogP contribution in [0.3, 0.4) is 0 Å². The van der Waals surface area contributed by atoms with Crippen molar-refractivity contribution in [3.63, 3.8) is 0 Å². The number of carbonyl (C=O) groups excluding carboxylic acids is 2. The normalized spacial score (nSPS) is 10.0. The SMILES string of the molecule is CC(=O)c1ccccc1NCC(=O)Nc1ccccc1I. The fourth-order valence-corrected chi connectivity index (χ4v) is 2.40. The molecule has 0 saturated carbocycles. The third-order valence-electron chi connectivity index (χ3n) is 2.89. The lowest BCUT2D eigenvalue weighted by molar-refractivity contribution is -0.114. The van der Waals surface area contributed by atoms with Gasteiger partial charge < -0.3 is 10.6 Å². The predicted octanol–water partition coefficient (Wildman–Crippen LogP) is 3.54. The van der Waals surface area contributed by atoms with E-state index >= 15 is 0 Å². The highest BCUT2D eigenvalue weighted by Crippen LogP contribution is 2.17. The van der Waals surface area contributed by atoms with Crippen molar-refractivity contribution < 1.29 is 9.59 Å². The Morgan fingerprint density at radius 1 is 1.00 bits per heavy atom. The van der Waals surface area contributed by atoms with Crippen LogP contribution in [-0.4, -0.2) is 18.2 Å². The molecule has 0 aliphatic rings. The van der Waals surface area contributed by atoms with Crippen LogP contribution in [0.2, 0.25) is 0 Å². The molecule has 0 heterocycles. The number of hydrogen-bond donors (Lipinski definition) is 2. The minimum absolute atomic E-state index is 0.0314. The van der Waals surface area contributed by atoms with Gasteiger partial charge in [-0.15, -0.1) is 0 Å². The van der Waals surface area contributed by atoms with Crippen LogP contribution < -0.4 is 10.6 Å². The van der Waals surface area contributed by atoms with Crippen molar-refractivity contribution in [3.05, 3.63) is 57.7 Å². The maximum atomic E-state index is 12.0. The van der Waals surface area contributed by atoms with Crippen LogP contribution in [0, 0.1) is 3.57 Å². The molecule has 0 unspecified atom stereocenters. The molecule has 0 aliphatic carbocycles. The number of para-hydroxylation sites is 2. The molecule has 21 heavy (non-hydrogen) atoms. The monoisotopic (exact) mass is 394 g/mol. The summed E-state index contributed by atoms with van der Waals surface area (Å²) in [6.45, 7) is 1.61. The zero-order valence-electron chi connectivity index (χ0n) is 11.5. The van der Waals surface area contributed by atoms with Crippen molar-refractivity contribution in [1.82, 2.24) is 0 Å². The first-order valence-corrected chi connectivity index (χ1v) is 7.54. The topological polar surface area (TPSA) is 58.2 Å². The van der Waals surface area contributed by atoms with E-state index in [1.165, 1.54) is 6.92 Å². The summed E-state index contributed by atoms with van der Waals surface area (Å²) in [5.74, 6) is -0.186. The van der Waals surface area contributed by atoms with Crippen molar-refractivity contribution in [2.45, 2.75) is 6.92 Å². The zero-order valence-corrected chi connectivity index (χ0v) is 13.7. The molecule has 0 saturated heterocycles. The number of carbonyl (C=O) groups is 2. The van der Waals surface area contributed by atoms with E-state index in [4.69, 9.17) is 0 Å². The maximum Gasteiger partial charge on any atom is 0.243 e. The van der Waals surface area contributed by atoms with Gasteiger partial charge in [-0.25, -0.2) is 0 Å². The van der Waals surface area contributed by atoms with Gasteiger partial charge in [0.15, 0.2) is 5.78 Å². The summed E-state index contributed by atoms with van der Waals surface area (Å²) in [7, 11) is 0. The average molecular weight is 394 g/mol. The summed E-state index contributed by atoms with van der Waals surface area (Å²) in [6, 6.07) is 14.7. The van der Waals surface area contributed by atoms with E-state index in [0.717, 1.165) is 9.26 Å². The van der Waals surface area contributed by atoms with Gasteiger partial charge in [0.1, 0.15) is 0 Å². The maximum absolute atomic E-state index is 12.0. The summed E-state index contributed by atoms with van der Waals surface area (Å²) in [6.07, 6.45) is 0. The summed E-state index contributed by atoms with van der Waals surface area (Å²) in [5, 5.41) is 5.83. The Labute approximate surface area is 137 Å². The molecular weight excluding hydrogens is 379 g/mol. The van der Waals surface area contributed by atoms with Crippen LogP contribution >= 0.6 is 22.6 Å². The molecule has 0 spiro atoms. The number of amides is 1. The predicted molar refractivity (Wildman–Crippen MR) is 92.7 cm³/mol. The number of ketones is 1. The third kappa shape index (κ3) is 4.29. The van der Waals surface area contributed by atoms with Crippen molar-refractivity contribution in [2.24, 2.45) is 0 Å². The van der Waals surface area contributed by atoms with Gasteiger partial charge in [-0.1, -0.05) is 24.3 Å². The molecule has 2 rings (SSSR count). The van der Waals surface area contributed by atoms with Crippen molar-refractivity contribution in [1.29, 1.82) is 0 Å². The summed E-state index contributed by atoms with van der Waals surface area (Å²) in [4.78, 5) is 23.5. The fraction of sp³-hybridized carbons (Fsp3) is 0.125. The van der Waals surface area contributed by atoms with E-state index in [1.807, 2.05) is 30.3 Å². The number of halogens is 1. The minimum Gasteiger partial charge on any atom is -0.376 e. The van der Waals surface area contributed by atoms with Gasteiger partial charge >= 0.3 is 0 Å². The van der Waals surface area contributed by atoms with Gasteiger partial charge in [-0.3, -0.25) is 9.59 Å². The first kappa shape index (κ1) is 15.5. The van der Waals surface area contributed by atoms with Gasteiger partial charge in [0.2, 0.25) is 5.91 Å². The molecule has 0 aliphatic heterocycles. The molecular formula is C16H15IN2O2. The van der Waals surface area contributed by atoms with E-state index in [0.29, 0.717) is 11.3 Å². The molecule has 2 N–H and O–H groups in total. The second-order valence-corrected chi connectivity index (χ2v) is 5.65. The molecule has 0 bridgehead atoms. The molecule has 2 aromatic carbocycles. The number of rotatable bonds is 5. The van der Waals surface area contributed by atoms with Crippen LogP contribution in [0.1, 0.15) is 17.3 Å². The molecule has 108 valence electrons. The van der Waals surface area contributed by atoms with Gasteiger partial charge in [-0.2, -0.15) is 0 Å². The minimum atomic E-state index is -0.155. The van der Waals surface area contributed by atoms with Crippen LogP contribution in [0.15, 0.2) is 48.5 Å². The molecule has 0 atom stereocenters. The standard InChI is InChI=1S/C16H15IN2O2/c1-11(20)12-6-2-4-8-14(12)18-10-16(21)19-15-9-5-3-7-13(15)17/h2-9,18H,10H2,1H3,(H,19,21). The number of hydrogen-bond acceptors (Lipinski definition) is 3. The number of Topliss-reactive ketones (excluding diaryl/α,β-unsaturated/α-hetero) is 1. The molecule has 0 fully saturated rings. The molecule has 5 heteroatoms. The number of benzene rings is 2. The van der Waals surface area contributed by atoms with E-state index in [1.54, 1.807) is 18.2 Å². The van der Waals surface area contributed by atoms with Crippen molar-refractivity contribution in [3.8, 4) is 0 Å². The fourth-order valence-electron chi connectivity index (χ4n) is 1.88. The number of anilines is 2. The summed E-state index contributed by atoms with van der Waals surface area (Å²) in [5.41, 5.74) is 2.03. The Hall–Kier alpha value is -1.89.